The average Bonchev–Trinajstić information content (AvgIpc) is 3.08. The highest BCUT2D eigenvalue weighted by Gasteiger charge is 2.11. The molecule has 1 atom stereocenters. The number of fused-ring (bicyclic) bond motifs is 1. The summed E-state index contributed by atoms with van der Waals surface area (Å²) in [7, 11) is -2.40. The number of aromatic nitrogens is 1. The van der Waals surface area contributed by atoms with E-state index in [2.05, 4.69) is 0 Å². The van der Waals surface area contributed by atoms with Gasteiger partial charge >= 0.3 is 5.76 Å². The lowest BCUT2D eigenvalue weighted by Crippen LogP contribution is -2.20. The Kier molecular flexibility index (Phi) is 7.32. The molecule has 0 radical (unpaired) electrons. The summed E-state index contributed by atoms with van der Waals surface area (Å²) < 4.78 is 50.2. The van der Waals surface area contributed by atoms with Gasteiger partial charge in [0.25, 0.3) is 10.1 Å². The average molecular weight is 484 g/mol. The topological polar surface area (TPSA) is 139 Å². The Morgan fingerprint density at radius 1 is 1.12 bits per heavy atom. The van der Waals surface area contributed by atoms with E-state index in [1.165, 1.54) is 22.8 Å². The molecule has 1 heterocycles. The third-order valence-corrected chi connectivity index (χ3v) is 5.97. The maximum Gasteiger partial charge on any atom is 0.419 e. The number of halogens is 1. The van der Waals surface area contributed by atoms with Crippen LogP contribution >= 0.6 is 0 Å². The van der Waals surface area contributed by atoms with Crippen LogP contribution in [0.2, 0.25) is 0 Å². The monoisotopic (exact) mass is 483 g/mol. The van der Waals surface area contributed by atoms with E-state index in [-0.39, 0.29) is 11.3 Å². The van der Waals surface area contributed by atoms with Crippen molar-refractivity contribution in [2.45, 2.75) is 24.3 Å². The van der Waals surface area contributed by atoms with Gasteiger partial charge in [0.1, 0.15) is 5.82 Å². The van der Waals surface area contributed by atoms with Crippen molar-refractivity contribution in [3.8, 4) is 17.2 Å². The Morgan fingerprint density at radius 2 is 1.74 bits per heavy atom. The first-order valence-corrected chi connectivity index (χ1v) is 11.5. The van der Waals surface area contributed by atoms with E-state index >= 15 is 0 Å². The number of benzene rings is 3. The van der Waals surface area contributed by atoms with Gasteiger partial charge in [-0.05, 0) is 53.9 Å². The zero-order valence-corrected chi connectivity index (χ0v) is 19.2. The summed E-state index contributed by atoms with van der Waals surface area (Å²) in [5, 5.41) is 8.71. The van der Waals surface area contributed by atoms with E-state index < -0.39 is 27.7 Å². The summed E-state index contributed by atoms with van der Waals surface area (Å²) >= 11 is 0. The molecule has 10 heteroatoms. The first kappa shape index (κ1) is 24.9. The molecular weight excluding hydrogens is 461 g/mol. The Labute approximate surface area is 195 Å². The third-order valence-electron chi connectivity index (χ3n) is 5.10. The lowest BCUT2D eigenvalue weighted by atomic mass is 10.00. The highest BCUT2D eigenvalue weighted by molar-refractivity contribution is 7.85. The Hall–Kier alpha value is -3.78. The molecule has 1 aromatic heterocycles. The minimum atomic E-state index is -4.02. The van der Waals surface area contributed by atoms with E-state index in [4.69, 9.17) is 20.0 Å². The molecule has 0 aliphatic carbocycles. The van der Waals surface area contributed by atoms with Gasteiger partial charge in [-0.25, -0.2) is 9.18 Å². The zero-order valence-electron chi connectivity index (χ0n) is 18.4. The second kappa shape index (κ2) is 10.0. The molecule has 0 bridgehead atoms. The minimum absolute atomic E-state index is 0.0666. The molecule has 0 aliphatic rings. The molecule has 8 nitrogen and oxygen atoms in total. The predicted octanol–water partition coefficient (Wildman–Crippen LogP) is 3.57. The van der Waals surface area contributed by atoms with Crippen LogP contribution in [0.5, 0.6) is 0 Å². The van der Waals surface area contributed by atoms with Crippen molar-refractivity contribution < 1.29 is 21.8 Å². The third kappa shape index (κ3) is 5.77. The van der Waals surface area contributed by atoms with Crippen molar-refractivity contribution in [3.63, 3.8) is 0 Å². The molecule has 0 aliphatic heterocycles. The van der Waals surface area contributed by atoms with Gasteiger partial charge in [0, 0.05) is 13.5 Å². The van der Waals surface area contributed by atoms with E-state index in [1.54, 1.807) is 49.5 Å². The number of rotatable bonds is 4. The molecule has 0 amide bonds. The molecule has 3 aromatic carbocycles. The van der Waals surface area contributed by atoms with Crippen molar-refractivity contribution in [2.24, 2.45) is 12.8 Å². The summed E-state index contributed by atoms with van der Waals surface area (Å²) in [4.78, 5) is 11.4. The Bertz CT molecular complexity index is 1530. The second-order valence-electron chi connectivity index (χ2n) is 7.64. The zero-order chi connectivity index (χ0) is 25.0. The molecule has 0 fully saturated rings. The van der Waals surface area contributed by atoms with Gasteiger partial charge in [0.2, 0.25) is 0 Å². The standard InChI is InChI=1S/C17H14FN3O2.C7H8O3S/c1-21-15-8-11(4-5-16(15)23-17(21)22)10-2-3-12(14(18)7-10)6-13(20)9-19;1-6-2-4-7(5-3-6)11(8,9)10/h2-5,7-8,13H,6,20H2,1H3;2-5H,1H3,(H,8,9,10). The van der Waals surface area contributed by atoms with Crippen LogP contribution in [0.3, 0.4) is 0 Å². The number of nitrogens with two attached hydrogens (primary N) is 1. The van der Waals surface area contributed by atoms with Crippen molar-refractivity contribution >= 4 is 21.2 Å². The largest absolute Gasteiger partial charge is 0.419 e. The number of oxazole rings is 1. The maximum absolute atomic E-state index is 14.2. The van der Waals surface area contributed by atoms with Crippen LogP contribution in [0.1, 0.15) is 11.1 Å². The number of hydrogen-bond acceptors (Lipinski definition) is 6. The van der Waals surface area contributed by atoms with Crippen LogP contribution in [-0.2, 0) is 23.6 Å². The van der Waals surface area contributed by atoms with Crippen LogP contribution in [0, 0.1) is 24.1 Å². The molecule has 0 saturated carbocycles. The summed E-state index contributed by atoms with van der Waals surface area (Å²) in [5.74, 6) is -0.849. The lowest BCUT2D eigenvalue weighted by Gasteiger charge is -2.08. The molecule has 0 spiro atoms. The fourth-order valence-electron chi connectivity index (χ4n) is 3.19. The quantitative estimate of drug-likeness (QED) is 0.423. The molecular formula is C24H22FN3O5S. The normalized spacial score (nSPS) is 12.0. The smallest absolute Gasteiger partial charge is 0.408 e. The van der Waals surface area contributed by atoms with Gasteiger partial charge in [-0.3, -0.25) is 9.12 Å². The number of nitriles is 1. The van der Waals surface area contributed by atoms with E-state index in [1.807, 2.05) is 13.0 Å². The molecule has 176 valence electrons. The van der Waals surface area contributed by atoms with Crippen molar-refractivity contribution in [1.82, 2.24) is 4.57 Å². The summed E-state index contributed by atoms with van der Waals surface area (Å²) in [6.07, 6.45) is 0.165. The molecule has 34 heavy (non-hydrogen) atoms. The maximum atomic E-state index is 14.2. The first-order valence-electron chi connectivity index (χ1n) is 10.1. The van der Waals surface area contributed by atoms with Gasteiger partial charge in [-0.1, -0.05) is 35.9 Å². The van der Waals surface area contributed by atoms with Crippen molar-refractivity contribution in [1.29, 1.82) is 5.26 Å². The summed E-state index contributed by atoms with van der Waals surface area (Å²) in [5.41, 5.74) is 9.46. The van der Waals surface area contributed by atoms with Crippen LogP contribution < -0.4 is 11.5 Å². The van der Waals surface area contributed by atoms with Gasteiger partial charge in [-0.2, -0.15) is 13.7 Å². The molecule has 1 unspecified atom stereocenters. The number of aryl methyl sites for hydroxylation is 2. The number of hydrogen-bond donors (Lipinski definition) is 2. The molecule has 4 rings (SSSR count). The summed E-state index contributed by atoms with van der Waals surface area (Å²) in [6, 6.07) is 17.2. The van der Waals surface area contributed by atoms with Crippen LogP contribution in [0.4, 0.5) is 4.39 Å². The van der Waals surface area contributed by atoms with Gasteiger partial charge < -0.3 is 10.2 Å². The van der Waals surface area contributed by atoms with Crippen LogP contribution in [0.25, 0.3) is 22.2 Å². The van der Waals surface area contributed by atoms with E-state index in [9.17, 15) is 17.6 Å². The van der Waals surface area contributed by atoms with Gasteiger partial charge in [0.05, 0.1) is 22.5 Å². The lowest BCUT2D eigenvalue weighted by molar-refractivity contribution is 0.483. The second-order valence-corrected chi connectivity index (χ2v) is 9.07. The fraction of sp³-hybridized carbons (Fsp3) is 0.167. The highest BCUT2D eigenvalue weighted by atomic mass is 32.2. The highest BCUT2D eigenvalue weighted by Crippen LogP contribution is 2.26. The number of nitrogens with zero attached hydrogens (tertiary/aromatic N) is 2. The molecule has 0 saturated heterocycles. The molecule has 4 aromatic rings. The minimum Gasteiger partial charge on any atom is -0.408 e. The molecule has 3 N–H and O–H groups in total. The van der Waals surface area contributed by atoms with E-state index in [0.29, 0.717) is 22.2 Å². The SMILES string of the molecule is Cc1ccc(S(=O)(=O)O)cc1.Cn1c(=O)oc2ccc(-c3ccc(CC(N)C#N)c(F)c3)cc21. The van der Waals surface area contributed by atoms with Crippen LogP contribution in [-0.4, -0.2) is 23.6 Å². The van der Waals surface area contributed by atoms with Gasteiger partial charge in [-0.15, -0.1) is 0 Å². The van der Waals surface area contributed by atoms with Crippen molar-refractivity contribution in [3.05, 3.63) is 88.2 Å². The van der Waals surface area contributed by atoms with Crippen LogP contribution in [0.15, 0.2) is 74.8 Å². The summed E-state index contributed by atoms with van der Waals surface area (Å²) in [6.45, 7) is 1.84. The Balaban J connectivity index is 0.000000248. The van der Waals surface area contributed by atoms with E-state index in [0.717, 1.165) is 11.1 Å². The van der Waals surface area contributed by atoms with Gasteiger partial charge in [0.15, 0.2) is 5.58 Å². The predicted molar refractivity (Wildman–Crippen MR) is 125 cm³/mol. The Morgan fingerprint density at radius 3 is 2.32 bits per heavy atom. The first-order chi connectivity index (χ1) is 16.0. The fourth-order valence-corrected chi connectivity index (χ4v) is 3.67. The van der Waals surface area contributed by atoms with Crippen molar-refractivity contribution in [2.75, 3.05) is 0 Å².